The lowest BCUT2D eigenvalue weighted by Crippen LogP contribution is -2.49. The molecule has 0 saturated heterocycles. The van der Waals surface area contributed by atoms with Gasteiger partial charge in [0.05, 0.1) is 0 Å². The van der Waals surface area contributed by atoms with E-state index in [1.165, 1.54) is 0 Å². The molecule has 0 aliphatic carbocycles. The molecular weight excluding hydrogens is 166 g/mol. The lowest BCUT2D eigenvalue weighted by Gasteiger charge is -2.25. The van der Waals surface area contributed by atoms with Crippen LogP contribution in [0.3, 0.4) is 0 Å². The molecule has 3 nitrogen and oxygen atoms in total. The van der Waals surface area contributed by atoms with Crippen molar-refractivity contribution in [1.29, 1.82) is 0 Å². The first kappa shape index (κ1) is 12.4. The van der Waals surface area contributed by atoms with Crippen LogP contribution in [-0.2, 0) is 4.79 Å². The molecule has 1 unspecified atom stereocenters. The highest BCUT2D eigenvalue weighted by atomic mass is 16.4. The van der Waals surface area contributed by atoms with Gasteiger partial charge in [0.25, 0.3) is 0 Å². The summed E-state index contributed by atoms with van der Waals surface area (Å²) in [6.45, 7) is 6.65. The molecule has 1 atom stereocenters. The minimum absolute atomic E-state index is 0.687. The van der Waals surface area contributed by atoms with E-state index in [2.05, 4.69) is 12.2 Å². The normalized spacial score (nSPS) is 15.3. The molecule has 0 radical (unpaired) electrons. The molecule has 0 saturated carbocycles. The predicted octanol–water partition coefficient (Wildman–Crippen LogP) is 2.02. The van der Waals surface area contributed by atoms with Gasteiger partial charge in [0.2, 0.25) is 0 Å². The van der Waals surface area contributed by atoms with Gasteiger partial charge in [-0.15, -0.1) is 0 Å². The Labute approximate surface area is 80.5 Å². The Morgan fingerprint density at radius 3 is 2.38 bits per heavy atom. The van der Waals surface area contributed by atoms with Crippen molar-refractivity contribution in [3.8, 4) is 0 Å². The molecule has 0 fully saturated rings. The first-order valence-corrected chi connectivity index (χ1v) is 5.05. The number of unbranched alkanes of at least 4 members (excludes halogenated alkanes) is 1. The smallest absolute Gasteiger partial charge is 0.323 e. The van der Waals surface area contributed by atoms with Crippen molar-refractivity contribution in [3.63, 3.8) is 0 Å². The number of hydrogen-bond donors (Lipinski definition) is 2. The Kier molecular flexibility index (Phi) is 5.71. The Morgan fingerprint density at radius 1 is 1.38 bits per heavy atom. The summed E-state index contributed by atoms with van der Waals surface area (Å²) in [5, 5.41) is 12.1. The second-order valence-corrected chi connectivity index (χ2v) is 3.67. The molecular formula is C10H21NO2. The molecule has 0 spiro atoms. The zero-order valence-corrected chi connectivity index (χ0v) is 8.89. The third-order valence-corrected chi connectivity index (χ3v) is 2.27. The summed E-state index contributed by atoms with van der Waals surface area (Å²) in [4.78, 5) is 10.9. The summed E-state index contributed by atoms with van der Waals surface area (Å²) in [6.07, 6.45) is 3.70. The second-order valence-electron chi connectivity index (χ2n) is 3.67. The van der Waals surface area contributed by atoms with Crippen LogP contribution in [0.4, 0.5) is 0 Å². The van der Waals surface area contributed by atoms with Crippen LogP contribution in [0, 0.1) is 0 Å². The van der Waals surface area contributed by atoms with E-state index < -0.39 is 11.5 Å². The molecule has 2 N–H and O–H groups in total. The van der Waals surface area contributed by atoms with Gasteiger partial charge in [-0.05, 0) is 26.3 Å². The lowest BCUT2D eigenvalue weighted by molar-refractivity contribution is -0.144. The predicted molar refractivity (Wildman–Crippen MR) is 53.9 cm³/mol. The van der Waals surface area contributed by atoms with Crippen molar-refractivity contribution >= 4 is 5.97 Å². The fourth-order valence-corrected chi connectivity index (χ4v) is 1.31. The molecule has 13 heavy (non-hydrogen) atoms. The molecule has 0 heterocycles. The summed E-state index contributed by atoms with van der Waals surface area (Å²) >= 11 is 0. The second kappa shape index (κ2) is 5.97. The van der Waals surface area contributed by atoms with Crippen LogP contribution in [-0.4, -0.2) is 23.2 Å². The number of aliphatic carboxylic acids is 1. The quantitative estimate of drug-likeness (QED) is 0.599. The summed E-state index contributed by atoms with van der Waals surface area (Å²) in [5.74, 6) is -0.745. The molecule has 0 rings (SSSR count). The van der Waals surface area contributed by atoms with Crippen molar-refractivity contribution in [2.24, 2.45) is 0 Å². The average molecular weight is 187 g/mol. The van der Waals surface area contributed by atoms with Crippen LogP contribution in [0.5, 0.6) is 0 Å². The molecule has 0 aliphatic rings. The van der Waals surface area contributed by atoms with E-state index in [-0.39, 0.29) is 0 Å². The molecule has 0 bridgehead atoms. The third-order valence-electron chi connectivity index (χ3n) is 2.27. The van der Waals surface area contributed by atoms with Crippen molar-refractivity contribution in [2.75, 3.05) is 6.54 Å². The van der Waals surface area contributed by atoms with E-state index >= 15 is 0 Å². The summed E-state index contributed by atoms with van der Waals surface area (Å²) in [5.41, 5.74) is -0.732. The van der Waals surface area contributed by atoms with Gasteiger partial charge in [-0.3, -0.25) is 4.79 Å². The third kappa shape index (κ3) is 4.27. The summed E-state index contributed by atoms with van der Waals surface area (Å²) in [6, 6.07) is 0. The maximum atomic E-state index is 10.9. The first-order valence-electron chi connectivity index (χ1n) is 5.05. The minimum atomic E-state index is -0.745. The first-order chi connectivity index (χ1) is 6.06. The molecule has 0 amide bonds. The fourth-order valence-electron chi connectivity index (χ4n) is 1.31. The Bertz CT molecular complexity index is 159. The Hall–Kier alpha value is -0.570. The monoisotopic (exact) mass is 187 g/mol. The largest absolute Gasteiger partial charge is 0.480 e. The van der Waals surface area contributed by atoms with E-state index in [1.807, 2.05) is 6.92 Å². The van der Waals surface area contributed by atoms with Crippen LogP contribution < -0.4 is 5.32 Å². The standard InChI is InChI=1S/C10H21NO2/c1-4-6-8-11-10(3,7-5-2)9(12)13/h11H,4-8H2,1-3H3,(H,12,13). The van der Waals surface area contributed by atoms with Crippen LogP contribution in [0.25, 0.3) is 0 Å². The average Bonchev–Trinajstić information content (AvgIpc) is 2.05. The zero-order valence-electron chi connectivity index (χ0n) is 8.89. The van der Waals surface area contributed by atoms with Crippen LogP contribution in [0.15, 0.2) is 0 Å². The van der Waals surface area contributed by atoms with E-state index in [4.69, 9.17) is 5.11 Å². The zero-order chi connectivity index (χ0) is 10.3. The van der Waals surface area contributed by atoms with Crippen LogP contribution >= 0.6 is 0 Å². The number of nitrogens with one attached hydrogen (secondary N) is 1. The van der Waals surface area contributed by atoms with Gasteiger partial charge < -0.3 is 10.4 Å². The highest BCUT2D eigenvalue weighted by Gasteiger charge is 2.30. The highest BCUT2D eigenvalue weighted by Crippen LogP contribution is 2.12. The van der Waals surface area contributed by atoms with Crippen molar-refractivity contribution in [1.82, 2.24) is 5.32 Å². The summed E-state index contributed by atoms with van der Waals surface area (Å²) < 4.78 is 0. The highest BCUT2D eigenvalue weighted by molar-refractivity contribution is 5.78. The SMILES string of the molecule is CCCCNC(C)(CCC)C(=O)O. The number of rotatable bonds is 7. The van der Waals surface area contributed by atoms with Gasteiger partial charge in [-0.1, -0.05) is 26.7 Å². The minimum Gasteiger partial charge on any atom is -0.480 e. The van der Waals surface area contributed by atoms with E-state index in [0.29, 0.717) is 6.42 Å². The number of carboxylic acids is 1. The van der Waals surface area contributed by atoms with E-state index in [9.17, 15) is 4.79 Å². The number of carboxylic acid groups (broad SMARTS) is 1. The lowest BCUT2D eigenvalue weighted by atomic mass is 9.96. The molecule has 0 aromatic heterocycles. The Morgan fingerprint density at radius 2 is 2.00 bits per heavy atom. The summed E-state index contributed by atoms with van der Waals surface area (Å²) in [7, 11) is 0. The number of hydrogen-bond acceptors (Lipinski definition) is 2. The van der Waals surface area contributed by atoms with Gasteiger partial charge in [-0.2, -0.15) is 0 Å². The molecule has 3 heteroatoms. The van der Waals surface area contributed by atoms with E-state index in [1.54, 1.807) is 6.92 Å². The van der Waals surface area contributed by atoms with Crippen LogP contribution in [0.2, 0.25) is 0 Å². The van der Waals surface area contributed by atoms with Crippen molar-refractivity contribution in [3.05, 3.63) is 0 Å². The van der Waals surface area contributed by atoms with Crippen molar-refractivity contribution in [2.45, 2.75) is 52.0 Å². The van der Waals surface area contributed by atoms with Gasteiger partial charge in [0.15, 0.2) is 0 Å². The van der Waals surface area contributed by atoms with Gasteiger partial charge >= 0.3 is 5.97 Å². The van der Waals surface area contributed by atoms with E-state index in [0.717, 1.165) is 25.8 Å². The van der Waals surface area contributed by atoms with Gasteiger partial charge in [0.1, 0.15) is 5.54 Å². The van der Waals surface area contributed by atoms with Crippen LogP contribution in [0.1, 0.15) is 46.5 Å². The molecule has 0 aliphatic heterocycles. The van der Waals surface area contributed by atoms with Gasteiger partial charge in [-0.25, -0.2) is 0 Å². The maximum absolute atomic E-state index is 10.9. The fraction of sp³-hybridized carbons (Fsp3) is 0.900. The molecule has 78 valence electrons. The number of carbonyl (C=O) groups is 1. The topological polar surface area (TPSA) is 49.3 Å². The van der Waals surface area contributed by atoms with Gasteiger partial charge in [0, 0.05) is 0 Å². The maximum Gasteiger partial charge on any atom is 0.323 e. The Balaban J connectivity index is 4.00. The molecule has 0 aromatic carbocycles. The molecule has 0 aromatic rings. The van der Waals surface area contributed by atoms with Crippen molar-refractivity contribution < 1.29 is 9.90 Å².